The highest BCUT2D eigenvalue weighted by molar-refractivity contribution is 6.73. The first-order valence-corrected chi connectivity index (χ1v) is 17.7. The van der Waals surface area contributed by atoms with Crippen LogP contribution < -0.4 is 0 Å². The zero-order valence-electron chi connectivity index (χ0n) is 25.4. The molecule has 1 unspecified atom stereocenters. The lowest BCUT2D eigenvalue weighted by Crippen LogP contribution is -2.46. The minimum atomic E-state index is -1.76. The predicted octanol–water partition coefficient (Wildman–Crippen LogP) is 8.09. The standard InChI is InChI=1S/C32H58O4Si/c1-10-37(11-2,12-3)36-32(26(7)23(4)18-20-28-16-14-13-15-17-28)24(5)19-21-29(33)27(8)31-25(6)22-30(34-9)35-31/h13-17,23-27,29-33H,10-12,18-22H2,1-9H3/t23-,24-,25+,26+,27-,29+,30-,31+,32?/m0/s1. The SMILES string of the molecule is CC[Si](CC)(CC)OC([C@@H](C)CC[C@@H](O)[C@H](C)[C@@H]1O[C@H](OC)C[C@H]1C)[C@H](C)[C@@H](C)CCc1ccccc1. The van der Waals surface area contributed by atoms with E-state index in [0.717, 1.165) is 25.7 Å². The van der Waals surface area contributed by atoms with Crippen LogP contribution in [0.2, 0.25) is 18.1 Å². The quantitative estimate of drug-likeness (QED) is 0.205. The molecule has 9 atom stereocenters. The third kappa shape index (κ3) is 9.17. The van der Waals surface area contributed by atoms with E-state index in [4.69, 9.17) is 13.9 Å². The number of hydrogen-bond donors (Lipinski definition) is 1. The number of rotatable bonds is 17. The van der Waals surface area contributed by atoms with Crippen molar-refractivity contribution in [1.29, 1.82) is 0 Å². The molecule has 0 amide bonds. The molecule has 0 saturated carbocycles. The summed E-state index contributed by atoms with van der Waals surface area (Å²) < 4.78 is 18.8. The fourth-order valence-corrected chi connectivity index (χ4v) is 9.36. The largest absolute Gasteiger partial charge is 0.413 e. The third-order valence-electron chi connectivity index (χ3n) is 9.77. The Labute approximate surface area is 230 Å². The highest BCUT2D eigenvalue weighted by Gasteiger charge is 2.40. The monoisotopic (exact) mass is 534 g/mol. The van der Waals surface area contributed by atoms with Gasteiger partial charge in [-0.15, -0.1) is 0 Å². The fraction of sp³-hybridized carbons (Fsp3) is 0.812. The van der Waals surface area contributed by atoms with Gasteiger partial charge < -0.3 is 19.0 Å². The van der Waals surface area contributed by atoms with Gasteiger partial charge in [-0.3, -0.25) is 0 Å². The fourth-order valence-electron chi connectivity index (χ4n) is 6.33. The van der Waals surface area contributed by atoms with Crippen molar-refractivity contribution < 1.29 is 19.0 Å². The number of ether oxygens (including phenoxy) is 2. The van der Waals surface area contributed by atoms with E-state index in [1.54, 1.807) is 7.11 Å². The summed E-state index contributed by atoms with van der Waals surface area (Å²) in [6.45, 7) is 18.5. The molecule has 2 rings (SSSR count). The lowest BCUT2D eigenvalue weighted by Gasteiger charge is -2.41. The van der Waals surface area contributed by atoms with Crippen LogP contribution in [-0.2, 0) is 20.3 Å². The van der Waals surface area contributed by atoms with E-state index in [9.17, 15) is 5.11 Å². The molecule has 1 saturated heterocycles. The summed E-state index contributed by atoms with van der Waals surface area (Å²) in [5, 5.41) is 11.2. The maximum Gasteiger partial charge on any atom is 0.192 e. The highest BCUT2D eigenvalue weighted by Crippen LogP contribution is 2.37. The van der Waals surface area contributed by atoms with Crippen LogP contribution in [0.25, 0.3) is 0 Å². The van der Waals surface area contributed by atoms with E-state index in [1.165, 1.54) is 30.1 Å². The van der Waals surface area contributed by atoms with Gasteiger partial charge in [0.05, 0.1) is 18.3 Å². The van der Waals surface area contributed by atoms with Crippen LogP contribution in [-0.4, -0.2) is 45.1 Å². The zero-order valence-corrected chi connectivity index (χ0v) is 26.4. The Morgan fingerprint density at radius 1 is 0.946 bits per heavy atom. The molecule has 0 bridgehead atoms. The maximum atomic E-state index is 11.2. The van der Waals surface area contributed by atoms with Crippen LogP contribution in [0.3, 0.4) is 0 Å². The van der Waals surface area contributed by atoms with E-state index >= 15 is 0 Å². The molecule has 5 heteroatoms. The van der Waals surface area contributed by atoms with Crippen LogP contribution in [0.1, 0.15) is 86.6 Å². The average molecular weight is 535 g/mol. The van der Waals surface area contributed by atoms with Gasteiger partial charge in [-0.25, -0.2) is 0 Å². The van der Waals surface area contributed by atoms with E-state index in [0.29, 0.717) is 23.7 Å². The molecular weight excluding hydrogens is 476 g/mol. The highest BCUT2D eigenvalue weighted by atomic mass is 28.4. The van der Waals surface area contributed by atoms with Gasteiger partial charge in [0.1, 0.15) is 0 Å². The van der Waals surface area contributed by atoms with E-state index in [1.807, 2.05) is 0 Å². The molecule has 4 nitrogen and oxygen atoms in total. The lowest BCUT2D eigenvalue weighted by molar-refractivity contribution is -0.137. The van der Waals surface area contributed by atoms with Gasteiger partial charge in [0.25, 0.3) is 0 Å². The van der Waals surface area contributed by atoms with E-state index in [2.05, 4.69) is 85.7 Å². The molecule has 1 fully saturated rings. The predicted molar refractivity (Wildman–Crippen MR) is 158 cm³/mol. The van der Waals surface area contributed by atoms with Crippen molar-refractivity contribution in [2.75, 3.05) is 7.11 Å². The molecule has 1 aliphatic heterocycles. The first-order valence-electron chi connectivity index (χ1n) is 15.2. The molecule has 0 aromatic heterocycles. The molecule has 1 N–H and O–H groups in total. The molecule has 0 spiro atoms. The summed E-state index contributed by atoms with van der Waals surface area (Å²) in [5.41, 5.74) is 1.42. The van der Waals surface area contributed by atoms with Gasteiger partial charge in [-0.2, -0.15) is 0 Å². The lowest BCUT2D eigenvalue weighted by atomic mass is 9.79. The molecule has 0 aliphatic carbocycles. The van der Waals surface area contributed by atoms with Crippen molar-refractivity contribution in [3.8, 4) is 0 Å². The maximum absolute atomic E-state index is 11.2. The molecule has 214 valence electrons. The smallest absolute Gasteiger partial charge is 0.192 e. The first-order chi connectivity index (χ1) is 17.6. The number of hydrogen-bond acceptors (Lipinski definition) is 4. The van der Waals surface area contributed by atoms with Crippen LogP contribution in [0.15, 0.2) is 30.3 Å². The van der Waals surface area contributed by atoms with Crippen molar-refractivity contribution in [1.82, 2.24) is 0 Å². The molecule has 1 aromatic rings. The van der Waals surface area contributed by atoms with Crippen LogP contribution in [0, 0.1) is 29.6 Å². The zero-order chi connectivity index (χ0) is 27.6. The summed E-state index contributed by atoms with van der Waals surface area (Å²) in [7, 11) is -0.0502. The Balaban J connectivity index is 2.07. The Morgan fingerprint density at radius 2 is 1.57 bits per heavy atom. The van der Waals surface area contributed by atoms with Gasteiger partial charge in [0.15, 0.2) is 14.6 Å². The van der Waals surface area contributed by atoms with Gasteiger partial charge in [-0.1, -0.05) is 85.7 Å². The summed E-state index contributed by atoms with van der Waals surface area (Å²) in [6.07, 6.45) is 4.73. The minimum Gasteiger partial charge on any atom is -0.413 e. The second kappa shape index (κ2) is 15.8. The topological polar surface area (TPSA) is 47.9 Å². The normalized spacial score (nSPS) is 25.4. The second-order valence-corrected chi connectivity index (χ2v) is 16.9. The van der Waals surface area contributed by atoms with Crippen molar-refractivity contribution >= 4 is 8.32 Å². The molecule has 1 aliphatic rings. The Morgan fingerprint density at radius 3 is 2.11 bits per heavy atom. The van der Waals surface area contributed by atoms with Gasteiger partial charge >= 0.3 is 0 Å². The molecular formula is C32H58O4Si. The Hall–Kier alpha value is -0.723. The average Bonchev–Trinajstić information content (AvgIpc) is 3.31. The number of benzene rings is 1. The van der Waals surface area contributed by atoms with Crippen molar-refractivity contribution in [3.63, 3.8) is 0 Å². The molecule has 1 aromatic carbocycles. The summed E-state index contributed by atoms with van der Waals surface area (Å²) >= 11 is 0. The number of methoxy groups -OCH3 is 1. The molecule has 37 heavy (non-hydrogen) atoms. The summed E-state index contributed by atoms with van der Waals surface area (Å²) in [6, 6.07) is 14.4. The molecule has 0 radical (unpaired) electrons. The van der Waals surface area contributed by atoms with Gasteiger partial charge in [0.2, 0.25) is 0 Å². The minimum absolute atomic E-state index is 0.0552. The summed E-state index contributed by atoms with van der Waals surface area (Å²) in [5.74, 6) is 1.96. The van der Waals surface area contributed by atoms with Gasteiger partial charge in [0, 0.05) is 19.4 Å². The van der Waals surface area contributed by atoms with Crippen LogP contribution in [0.4, 0.5) is 0 Å². The summed E-state index contributed by atoms with van der Waals surface area (Å²) in [4.78, 5) is 0. The molecule has 1 heterocycles. The first kappa shape index (κ1) is 32.5. The Bertz CT molecular complexity index is 731. The number of aryl methyl sites for hydroxylation is 1. The van der Waals surface area contributed by atoms with Crippen molar-refractivity contribution in [3.05, 3.63) is 35.9 Å². The Kier molecular flexibility index (Phi) is 13.8. The third-order valence-corrected chi connectivity index (χ3v) is 14.4. The second-order valence-electron chi connectivity index (χ2n) is 12.1. The van der Waals surface area contributed by atoms with Gasteiger partial charge in [-0.05, 0) is 73.1 Å². The van der Waals surface area contributed by atoms with Crippen molar-refractivity contribution in [2.45, 2.75) is 130 Å². The van der Waals surface area contributed by atoms with Crippen LogP contribution in [0.5, 0.6) is 0 Å². The van der Waals surface area contributed by atoms with E-state index < -0.39 is 8.32 Å². The van der Waals surface area contributed by atoms with Crippen LogP contribution >= 0.6 is 0 Å². The number of aliphatic hydroxyl groups is 1. The number of aliphatic hydroxyl groups excluding tert-OH is 1. The van der Waals surface area contributed by atoms with Crippen molar-refractivity contribution in [2.24, 2.45) is 29.6 Å². The van der Waals surface area contributed by atoms with E-state index in [-0.39, 0.29) is 30.5 Å².